The summed E-state index contributed by atoms with van der Waals surface area (Å²) in [7, 11) is 1.56. The Morgan fingerprint density at radius 2 is 2.31 bits per heavy atom. The van der Waals surface area contributed by atoms with Crippen molar-refractivity contribution in [3.63, 3.8) is 0 Å². The highest BCUT2D eigenvalue weighted by Crippen LogP contribution is 2.21. The quantitative estimate of drug-likeness (QED) is 0.609. The molecule has 0 aliphatic heterocycles. The van der Waals surface area contributed by atoms with Crippen molar-refractivity contribution >= 4 is 18.7 Å². The molecule has 1 unspecified atom stereocenters. The molecule has 5 heteroatoms. The van der Waals surface area contributed by atoms with Crippen LogP contribution in [0.15, 0.2) is 24.3 Å². The molecule has 0 aliphatic carbocycles. The Morgan fingerprint density at radius 1 is 1.56 bits per heavy atom. The smallest absolute Gasteiger partial charge is 0.236 e. The van der Waals surface area contributed by atoms with Gasteiger partial charge in [0.05, 0.1) is 5.92 Å². The Bertz CT molecular complexity index is 357. The lowest BCUT2D eigenvalue weighted by Crippen LogP contribution is -2.19. The Kier molecular flexibility index (Phi) is 5.14. The molecule has 0 bridgehead atoms. The molecule has 4 nitrogen and oxygen atoms in total. The van der Waals surface area contributed by atoms with E-state index in [9.17, 15) is 4.79 Å². The van der Waals surface area contributed by atoms with E-state index in [0.717, 1.165) is 5.56 Å². The molecule has 16 heavy (non-hydrogen) atoms. The molecule has 0 radical (unpaired) electrons. The van der Waals surface area contributed by atoms with Gasteiger partial charge in [-0.1, -0.05) is 24.9 Å². The highest BCUT2D eigenvalue weighted by molar-refractivity contribution is 7.78. The van der Waals surface area contributed by atoms with Crippen LogP contribution < -0.4 is 9.46 Å². The fourth-order valence-corrected chi connectivity index (χ4v) is 1.44. The van der Waals surface area contributed by atoms with Crippen LogP contribution in [0.5, 0.6) is 5.75 Å². The van der Waals surface area contributed by atoms with Crippen molar-refractivity contribution in [3.8, 4) is 5.75 Å². The Balaban J connectivity index is 2.77. The number of nitrogens with one attached hydrogen (secondary N) is 1. The standard InChI is InChI=1S/C11H15NO3S/c1-8(11(13)12-16)9-4-3-5-10(6-9)15-7-14-2/h3-6,8,16H,7H2,1-2H3,(H,12,13). The fourth-order valence-electron chi connectivity index (χ4n) is 1.25. The molecule has 1 N–H and O–H groups in total. The molecule has 0 saturated heterocycles. The maximum absolute atomic E-state index is 11.4. The summed E-state index contributed by atoms with van der Waals surface area (Å²) in [5.74, 6) is 0.272. The normalized spacial score (nSPS) is 11.9. The molecule has 1 amide bonds. The summed E-state index contributed by atoms with van der Waals surface area (Å²) in [6, 6.07) is 7.33. The van der Waals surface area contributed by atoms with Gasteiger partial charge in [0, 0.05) is 7.11 Å². The second kappa shape index (κ2) is 6.40. The van der Waals surface area contributed by atoms with Crippen molar-refractivity contribution in [1.29, 1.82) is 0 Å². The summed E-state index contributed by atoms with van der Waals surface area (Å²) >= 11 is 3.74. The highest BCUT2D eigenvalue weighted by Gasteiger charge is 2.14. The van der Waals surface area contributed by atoms with Crippen LogP contribution in [0.4, 0.5) is 0 Å². The number of benzene rings is 1. The summed E-state index contributed by atoms with van der Waals surface area (Å²) in [6.45, 7) is 2.00. The summed E-state index contributed by atoms with van der Waals surface area (Å²) in [5.41, 5.74) is 0.875. The summed E-state index contributed by atoms with van der Waals surface area (Å²) in [4.78, 5) is 11.4. The van der Waals surface area contributed by atoms with Gasteiger partial charge >= 0.3 is 0 Å². The highest BCUT2D eigenvalue weighted by atomic mass is 32.1. The first kappa shape index (κ1) is 12.9. The average molecular weight is 241 g/mol. The summed E-state index contributed by atoms with van der Waals surface area (Å²) in [5, 5.41) is 0. The zero-order valence-electron chi connectivity index (χ0n) is 9.27. The number of amides is 1. The van der Waals surface area contributed by atoms with Gasteiger partial charge in [-0.25, -0.2) is 0 Å². The molecule has 1 rings (SSSR count). The molecule has 1 aromatic rings. The fraction of sp³-hybridized carbons (Fsp3) is 0.364. The van der Waals surface area contributed by atoms with E-state index in [2.05, 4.69) is 17.5 Å². The molecule has 1 atom stereocenters. The molecule has 0 saturated carbocycles. The number of rotatable bonds is 5. The zero-order chi connectivity index (χ0) is 12.0. The first-order valence-corrected chi connectivity index (χ1v) is 5.29. The van der Waals surface area contributed by atoms with E-state index in [1.165, 1.54) is 0 Å². The molecule has 0 aromatic heterocycles. The van der Waals surface area contributed by atoms with Gasteiger partial charge in [0.1, 0.15) is 5.75 Å². The van der Waals surface area contributed by atoms with Crippen LogP contribution in [-0.4, -0.2) is 19.8 Å². The van der Waals surface area contributed by atoms with Crippen LogP contribution in [0.3, 0.4) is 0 Å². The number of carbonyl (C=O) groups is 1. The predicted molar refractivity (Wildman–Crippen MR) is 64.5 cm³/mol. The van der Waals surface area contributed by atoms with Gasteiger partial charge in [-0.15, -0.1) is 0 Å². The maximum atomic E-state index is 11.4. The van der Waals surface area contributed by atoms with Crippen molar-refractivity contribution in [2.45, 2.75) is 12.8 Å². The van der Waals surface area contributed by atoms with Crippen LogP contribution in [0.2, 0.25) is 0 Å². The lowest BCUT2D eigenvalue weighted by atomic mass is 10.0. The number of thiol groups is 1. The topological polar surface area (TPSA) is 47.6 Å². The van der Waals surface area contributed by atoms with E-state index in [0.29, 0.717) is 5.75 Å². The number of hydrogen-bond acceptors (Lipinski definition) is 4. The molecular weight excluding hydrogens is 226 g/mol. The second-order valence-electron chi connectivity index (χ2n) is 3.32. The third-order valence-electron chi connectivity index (χ3n) is 2.21. The molecule has 0 heterocycles. The van der Waals surface area contributed by atoms with E-state index in [-0.39, 0.29) is 18.6 Å². The largest absolute Gasteiger partial charge is 0.468 e. The van der Waals surface area contributed by atoms with Gasteiger partial charge in [0.15, 0.2) is 6.79 Å². The molecule has 0 spiro atoms. The Hall–Kier alpha value is -1.20. The third kappa shape index (κ3) is 3.43. The van der Waals surface area contributed by atoms with Crippen molar-refractivity contribution in [3.05, 3.63) is 29.8 Å². The van der Waals surface area contributed by atoms with E-state index in [1.54, 1.807) is 14.0 Å². The number of hydrogen-bond donors (Lipinski definition) is 2. The first-order valence-electron chi connectivity index (χ1n) is 4.84. The predicted octanol–water partition coefficient (Wildman–Crippen LogP) is 1.73. The van der Waals surface area contributed by atoms with Crippen molar-refractivity contribution < 1.29 is 14.3 Å². The molecule has 0 aliphatic rings. The van der Waals surface area contributed by atoms with Crippen LogP contribution >= 0.6 is 12.8 Å². The first-order chi connectivity index (χ1) is 7.69. The monoisotopic (exact) mass is 241 g/mol. The van der Waals surface area contributed by atoms with E-state index in [4.69, 9.17) is 9.47 Å². The van der Waals surface area contributed by atoms with Gasteiger partial charge in [0.25, 0.3) is 0 Å². The van der Waals surface area contributed by atoms with E-state index < -0.39 is 0 Å². The molecule has 88 valence electrons. The van der Waals surface area contributed by atoms with Gasteiger partial charge in [0.2, 0.25) is 5.91 Å². The molecular formula is C11H15NO3S. The van der Waals surface area contributed by atoms with Gasteiger partial charge in [-0.2, -0.15) is 0 Å². The van der Waals surface area contributed by atoms with Gasteiger partial charge < -0.3 is 14.2 Å². The SMILES string of the molecule is COCOc1cccc(C(C)C(=O)NS)c1. The minimum Gasteiger partial charge on any atom is -0.468 e. The summed E-state index contributed by atoms with van der Waals surface area (Å²) in [6.07, 6.45) is 0. The maximum Gasteiger partial charge on any atom is 0.236 e. The minimum absolute atomic E-state index is 0.146. The zero-order valence-corrected chi connectivity index (χ0v) is 10.2. The second-order valence-corrected chi connectivity index (χ2v) is 3.54. The van der Waals surface area contributed by atoms with Crippen molar-refractivity contribution in [1.82, 2.24) is 4.72 Å². The Labute approximate surface area is 100 Å². The number of carbonyl (C=O) groups excluding carboxylic acids is 1. The minimum atomic E-state index is -0.261. The Morgan fingerprint density at radius 3 is 2.94 bits per heavy atom. The number of ether oxygens (including phenoxy) is 2. The number of methoxy groups -OCH3 is 1. The van der Waals surface area contributed by atoms with Crippen LogP contribution in [0.25, 0.3) is 0 Å². The van der Waals surface area contributed by atoms with Crippen LogP contribution in [-0.2, 0) is 9.53 Å². The van der Waals surface area contributed by atoms with Crippen molar-refractivity contribution in [2.75, 3.05) is 13.9 Å². The summed E-state index contributed by atoms with van der Waals surface area (Å²) < 4.78 is 12.4. The average Bonchev–Trinajstić information content (AvgIpc) is 2.34. The van der Waals surface area contributed by atoms with Crippen molar-refractivity contribution in [2.24, 2.45) is 0 Å². The van der Waals surface area contributed by atoms with Gasteiger partial charge in [-0.05, 0) is 24.6 Å². The molecule has 1 aromatic carbocycles. The lowest BCUT2D eigenvalue weighted by molar-refractivity contribution is -0.120. The van der Waals surface area contributed by atoms with Gasteiger partial charge in [-0.3, -0.25) is 4.79 Å². The van der Waals surface area contributed by atoms with Crippen LogP contribution in [0, 0.1) is 0 Å². The third-order valence-corrected chi connectivity index (χ3v) is 2.43. The van der Waals surface area contributed by atoms with E-state index >= 15 is 0 Å². The van der Waals surface area contributed by atoms with Crippen LogP contribution in [0.1, 0.15) is 18.4 Å². The molecule has 0 fully saturated rings. The van der Waals surface area contributed by atoms with E-state index in [1.807, 2.05) is 24.3 Å². The lowest BCUT2D eigenvalue weighted by Gasteiger charge is -2.11.